The van der Waals surface area contributed by atoms with Crippen LogP contribution in [-0.2, 0) is 17.9 Å². The molecule has 0 radical (unpaired) electrons. The summed E-state index contributed by atoms with van der Waals surface area (Å²) in [5.41, 5.74) is 2.13. The smallest absolute Gasteiger partial charge is 0.262 e. The van der Waals surface area contributed by atoms with Crippen LogP contribution in [0.15, 0.2) is 46.8 Å². The van der Waals surface area contributed by atoms with Gasteiger partial charge in [0.25, 0.3) is 5.56 Å². The zero-order valence-electron chi connectivity index (χ0n) is 15.9. The van der Waals surface area contributed by atoms with Crippen LogP contribution in [0.4, 0.5) is 5.69 Å². The minimum atomic E-state index is -0.0867. The van der Waals surface area contributed by atoms with Crippen LogP contribution in [0.5, 0.6) is 0 Å². The minimum Gasteiger partial charge on any atom is -0.378 e. The number of hydrogen-bond acceptors (Lipinski definition) is 5. The summed E-state index contributed by atoms with van der Waals surface area (Å²) < 4.78 is 1.52. The number of aromatic nitrogens is 2. The summed E-state index contributed by atoms with van der Waals surface area (Å²) >= 11 is 1.44. The van der Waals surface area contributed by atoms with Gasteiger partial charge < -0.3 is 9.80 Å². The summed E-state index contributed by atoms with van der Waals surface area (Å²) in [6, 6.07) is 9.97. The molecule has 0 unspecified atom stereocenters. The topological polar surface area (TPSA) is 58.4 Å². The van der Waals surface area contributed by atoms with E-state index in [0.29, 0.717) is 25.0 Å². The van der Waals surface area contributed by atoms with Crippen molar-refractivity contribution in [2.45, 2.75) is 26.4 Å². The molecule has 3 rings (SSSR count). The van der Waals surface area contributed by atoms with E-state index in [0.717, 1.165) is 16.1 Å². The lowest BCUT2D eigenvalue weighted by molar-refractivity contribution is -0.131. The fourth-order valence-electron chi connectivity index (χ4n) is 2.92. The molecule has 2 heterocycles. The third-order valence-electron chi connectivity index (χ3n) is 4.58. The van der Waals surface area contributed by atoms with Gasteiger partial charge in [0.05, 0.1) is 11.7 Å². The van der Waals surface area contributed by atoms with Gasteiger partial charge in [-0.05, 0) is 36.1 Å². The number of aryl methyl sites for hydroxylation is 1. The van der Waals surface area contributed by atoms with Crippen LogP contribution in [0.25, 0.3) is 10.2 Å². The summed E-state index contributed by atoms with van der Waals surface area (Å²) in [4.78, 5) is 33.9. The Kier molecular flexibility index (Phi) is 5.91. The highest BCUT2D eigenvalue weighted by atomic mass is 32.1. The van der Waals surface area contributed by atoms with Crippen molar-refractivity contribution in [3.05, 3.63) is 58.0 Å². The Hall–Kier alpha value is -2.67. The Balaban J connectivity index is 1.64. The molecule has 142 valence electrons. The van der Waals surface area contributed by atoms with Crippen molar-refractivity contribution in [2.24, 2.45) is 0 Å². The molecule has 0 saturated heterocycles. The van der Waals surface area contributed by atoms with Gasteiger partial charge in [0.1, 0.15) is 4.83 Å². The van der Waals surface area contributed by atoms with Crippen molar-refractivity contribution in [1.29, 1.82) is 0 Å². The van der Waals surface area contributed by atoms with Gasteiger partial charge in [-0.1, -0.05) is 12.1 Å². The lowest BCUT2D eigenvalue weighted by Crippen LogP contribution is -2.32. The van der Waals surface area contributed by atoms with Crippen molar-refractivity contribution in [1.82, 2.24) is 14.5 Å². The van der Waals surface area contributed by atoms with Crippen LogP contribution in [0.2, 0.25) is 0 Å². The van der Waals surface area contributed by atoms with Crippen LogP contribution in [-0.4, -0.2) is 41.0 Å². The van der Waals surface area contributed by atoms with Crippen molar-refractivity contribution >= 4 is 33.1 Å². The molecule has 0 aliphatic rings. The molecule has 0 aliphatic heterocycles. The number of fused-ring (bicyclic) bond motifs is 1. The molecule has 27 heavy (non-hydrogen) atoms. The molecule has 0 N–H and O–H groups in total. The van der Waals surface area contributed by atoms with E-state index in [9.17, 15) is 9.59 Å². The average molecular weight is 385 g/mol. The van der Waals surface area contributed by atoms with Crippen molar-refractivity contribution in [3.63, 3.8) is 0 Å². The van der Waals surface area contributed by atoms with Crippen LogP contribution in [0.1, 0.15) is 18.9 Å². The summed E-state index contributed by atoms with van der Waals surface area (Å²) in [5, 5.41) is 2.47. The first kappa shape index (κ1) is 19.1. The highest BCUT2D eigenvalue weighted by Gasteiger charge is 2.13. The first-order valence-electron chi connectivity index (χ1n) is 8.96. The molecule has 0 spiro atoms. The molecule has 3 aromatic rings. The van der Waals surface area contributed by atoms with E-state index in [1.807, 2.05) is 48.3 Å². The van der Waals surface area contributed by atoms with Gasteiger partial charge in [-0.15, -0.1) is 11.3 Å². The van der Waals surface area contributed by atoms with Crippen molar-refractivity contribution in [3.8, 4) is 0 Å². The number of rotatable bonds is 7. The maximum absolute atomic E-state index is 12.6. The van der Waals surface area contributed by atoms with Gasteiger partial charge in [0, 0.05) is 45.8 Å². The Morgan fingerprint density at radius 1 is 1.19 bits per heavy atom. The number of benzene rings is 1. The molecule has 0 saturated carbocycles. The number of nitrogens with zero attached hydrogens (tertiary/aromatic N) is 4. The van der Waals surface area contributed by atoms with Crippen molar-refractivity contribution < 1.29 is 4.79 Å². The molecule has 0 atom stereocenters. The molecule has 6 nitrogen and oxygen atoms in total. The zero-order chi connectivity index (χ0) is 19.4. The monoisotopic (exact) mass is 384 g/mol. The largest absolute Gasteiger partial charge is 0.378 e. The quantitative estimate of drug-likeness (QED) is 0.628. The maximum Gasteiger partial charge on any atom is 0.262 e. The second kappa shape index (κ2) is 8.35. The second-order valence-electron chi connectivity index (χ2n) is 6.60. The summed E-state index contributed by atoms with van der Waals surface area (Å²) in [5.74, 6) is 0.0338. The van der Waals surface area contributed by atoms with Gasteiger partial charge in [0.15, 0.2) is 0 Å². The third-order valence-corrected chi connectivity index (χ3v) is 5.40. The summed E-state index contributed by atoms with van der Waals surface area (Å²) in [7, 11) is 4.00. The number of amides is 1. The van der Waals surface area contributed by atoms with Crippen LogP contribution in [0.3, 0.4) is 0 Å². The van der Waals surface area contributed by atoms with E-state index >= 15 is 0 Å². The Labute approximate surface area is 162 Å². The van der Waals surface area contributed by atoms with E-state index in [1.54, 1.807) is 6.07 Å². The fourth-order valence-corrected chi connectivity index (χ4v) is 3.65. The molecule has 0 bridgehead atoms. The van der Waals surface area contributed by atoms with Gasteiger partial charge in [-0.3, -0.25) is 14.2 Å². The molecular formula is C20H24N4O2S. The maximum atomic E-state index is 12.6. The normalized spacial score (nSPS) is 10.9. The fraction of sp³-hybridized carbons (Fsp3) is 0.350. The molecule has 1 aromatic carbocycles. The predicted molar refractivity (Wildman–Crippen MR) is 110 cm³/mol. The number of thiophene rings is 1. The summed E-state index contributed by atoms with van der Waals surface area (Å²) in [6.45, 7) is 3.51. The van der Waals surface area contributed by atoms with Crippen LogP contribution < -0.4 is 10.5 Å². The Morgan fingerprint density at radius 2 is 1.93 bits per heavy atom. The van der Waals surface area contributed by atoms with Gasteiger partial charge in [0.2, 0.25) is 5.91 Å². The molecule has 2 aromatic heterocycles. The zero-order valence-corrected chi connectivity index (χ0v) is 16.7. The molecule has 0 aliphatic carbocycles. The molecular weight excluding hydrogens is 360 g/mol. The van der Waals surface area contributed by atoms with Gasteiger partial charge in [-0.25, -0.2) is 4.98 Å². The molecule has 1 amide bonds. The van der Waals surface area contributed by atoms with Gasteiger partial charge in [-0.2, -0.15) is 0 Å². The van der Waals surface area contributed by atoms with Crippen molar-refractivity contribution in [2.75, 3.05) is 25.5 Å². The van der Waals surface area contributed by atoms with Gasteiger partial charge >= 0.3 is 0 Å². The number of carbonyl (C=O) groups excluding carboxylic acids is 1. The van der Waals surface area contributed by atoms with E-state index in [1.165, 1.54) is 22.2 Å². The van der Waals surface area contributed by atoms with E-state index in [-0.39, 0.29) is 17.9 Å². The van der Waals surface area contributed by atoms with E-state index in [2.05, 4.69) is 17.1 Å². The summed E-state index contributed by atoms with van der Waals surface area (Å²) in [6.07, 6.45) is 1.81. The van der Waals surface area contributed by atoms with E-state index < -0.39 is 0 Å². The first-order chi connectivity index (χ1) is 13.0. The molecule has 7 heteroatoms. The third kappa shape index (κ3) is 4.36. The molecule has 0 fully saturated rings. The number of hydrogen-bond donors (Lipinski definition) is 0. The Bertz CT molecular complexity index is 976. The SMILES string of the molecule is CCN(Cc1ccc(N(C)C)cc1)C(=O)CCn1cnc2sccc2c1=O. The second-order valence-corrected chi connectivity index (χ2v) is 7.50. The van der Waals surface area contributed by atoms with E-state index in [4.69, 9.17) is 0 Å². The van der Waals surface area contributed by atoms with Crippen LogP contribution >= 0.6 is 11.3 Å². The van der Waals surface area contributed by atoms with Crippen LogP contribution in [0, 0.1) is 0 Å². The average Bonchev–Trinajstić information content (AvgIpc) is 3.15. The highest BCUT2D eigenvalue weighted by molar-refractivity contribution is 7.16. The first-order valence-corrected chi connectivity index (χ1v) is 9.84. The predicted octanol–water partition coefficient (Wildman–Crippen LogP) is 2.96. The number of anilines is 1. The highest BCUT2D eigenvalue weighted by Crippen LogP contribution is 2.15. The number of carbonyl (C=O) groups is 1. The minimum absolute atomic E-state index is 0.0338. The Morgan fingerprint density at radius 3 is 2.59 bits per heavy atom. The lowest BCUT2D eigenvalue weighted by atomic mass is 10.2. The standard InChI is InChI=1S/C20H24N4O2S/c1-4-23(13-15-5-7-16(8-6-15)22(2)3)18(25)9-11-24-14-21-19-17(20(24)26)10-12-27-19/h5-8,10,12,14H,4,9,11,13H2,1-3H3. The lowest BCUT2D eigenvalue weighted by Gasteiger charge is -2.22.